The number of amides is 2. The molecule has 0 unspecified atom stereocenters. The van der Waals surface area contributed by atoms with Crippen molar-refractivity contribution in [2.75, 3.05) is 11.9 Å². The van der Waals surface area contributed by atoms with Gasteiger partial charge >= 0.3 is 0 Å². The van der Waals surface area contributed by atoms with Gasteiger partial charge in [-0.05, 0) is 31.5 Å². The van der Waals surface area contributed by atoms with Crippen molar-refractivity contribution >= 4 is 28.8 Å². The van der Waals surface area contributed by atoms with Crippen molar-refractivity contribution < 1.29 is 18.7 Å². The highest BCUT2D eigenvalue weighted by Gasteiger charge is 2.14. The average molecular weight is 366 g/mol. The maximum absolute atomic E-state index is 13.1. The fraction of sp³-hybridized carbons (Fsp3) is 0.375. The predicted molar refractivity (Wildman–Crippen MR) is 91.8 cm³/mol. The molecular formula is C16H19FN4O3S. The lowest BCUT2D eigenvalue weighted by molar-refractivity contribution is -0.126. The molecule has 2 rings (SSSR count). The lowest BCUT2D eigenvalue weighted by atomic mass is 10.2. The highest BCUT2D eigenvalue weighted by atomic mass is 32.1. The molecule has 1 atom stereocenters. The number of ether oxygens (including phenoxy) is 1. The second-order valence-electron chi connectivity index (χ2n) is 5.34. The number of aromatic nitrogens is 2. The van der Waals surface area contributed by atoms with E-state index in [1.807, 2.05) is 13.8 Å². The zero-order chi connectivity index (χ0) is 18.2. The third-order valence-corrected chi connectivity index (χ3v) is 4.12. The minimum absolute atomic E-state index is 0.0822. The molecule has 0 bridgehead atoms. The lowest BCUT2D eigenvalue weighted by Crippen LogP contribution is -2.34. The summed E-state index contributed by atoms with van der Waals surface area (Å²) in [5.74, 6) is -1.13. The van der Waals surface area contributed by atoms with Crippen LogP contribution in [-0.4, -0.2) is 34.7 Å². The van der Waals surface area contributed by atoms with E-state index < -0.39 is 11.7 Å². The third-order valence-electron chi connectivity index (χ3n) is 3.22. The van der Waals surface area contributed by atoms with Crippen LogP contribution in [0.15, 0.2) is 24.3 Å². The molecule has 0 spiro atoms. The van der Waals surface area contributed by atoms with Crippen LogP contribution in [0.1, 0.15) is 35.1 Å². The van der Waals surface area contributed by atoms with Gasteiger partial charge in [-0.2, -0.15) is 0 Å². The average Bonchev–Trinajstić information content (AvgIpc) is 3.03. The molecule has 2 N–H and O–H groups in total. The molecular weight excluding hydrogens is 347 g/mol. The topological polar surface area (TPSA) is 93.2 Å². The number of benzene rings is 1. The molecule has 0 saturated carbocycles. The van der Waals surface area contributed by atoms with E-state index in [0.717, 1.165) is 17.8 Å². The van der Waals surface area contributed by atoms with E-state index in [9.17, 15) is 14.0 Å². The zero-order valence-electron chi connectivity index (χ0n) is 13.9. The SMILES string of the molecule is CC[C@@H](C)NC(=O)COCc1nnc(C(=O)Nc2cccc(F)c2)s1. The van der Waals surface area contributed by atoms with Crippen molar-refractivity contribution in [3.05, 3.63) is 40.1 Å². The number of halogens is 1. The van der Waals surface area contributed by atoms with Gasteiger partial charge in [0.25, 0.3) is 5.91 Å². The van der Waals surface area contributed by atoms with Gasteiger partial charge in [0.15, 0.2) is 0 Å². The number of carbonyl (C=O) groups is 2. The van der Waals surface area contributed by atoms with Crippen LogP contribution in [-0.2, 0) is 16.1 Å². The second-order valence-corrected chi connectivity index (χ2v) is 6.40. The van der Waals surface area contributed by atoms with Gasteiger partial charge in [0.1, 0.15) is 24.0 Å². The first-order valence-corrected chi connectivity index (χ1v) is 8.56. The Hall–Kier alpha value is -2.39. The third kappa shape index (κ3) is 6.20. The smallest absolute Gasteiger partial charge is 0.286 e. The van der Waals surface area contributed by atoms with Gasteiger partial charge in [0.2, 0.25) is 10.9 Å². The Bertz CT molecular complexity index is 738. The number of anilines is 1. The molecule has 2 aromatic rings. The summed E-state index contributed by atoms with van der Waals surface area (Å²) in [7, 11) is 0. The van der Waals surface area contributed by atoms with Crippen LogP contribution < -0.4 is 10.6 Å². The molecule has 0 aliphatic rings. The molecule has 1 aromatic heterocycles. The zero-order valence-corrected chi connectivity index (χ0v) is 14.7. The largest absolute Gasteiger partial charge is 0.364 e. The molecule has 1 heterocycles. The number of rotatable bonds is 8. The minimum atomic E-state index is -0.483. The van der Waals surface area contributed by atoms with Crippen LogP contribution in [0.25, 0.3) is 0 Å². The monoisotopic (exact) mass is 366 g/mol. The van der Waals surface area contributed by atoms with E-state index in [1.54, 1.807) is 6.07 Å². The number of hydrogen-bond acceptors (Lipinski definition) is 6. The Balaban J connectivity index is 1.81. The van der Waals surface area contributed by atoms with E-state index in [1.165, 1.54) is 18.2 Å². The van der Waals surface area contributed by atoms with Gasteiger partial charge in [0, 0.05) is 11.7 Å². The van der Waals surface area contributed by atoms with Crippen molar-refractivity contribution in [2.24, 2.45) is 0 Å². The summed E-state index contributed by atoms with van der Waals surface area (Å²) < 4.78 is 18.4. The summed E-state index contributed by atoms with van der Waals surface area (Å²) in [5.41, 5.74) is 0.333. The van der Waals surface area contributed by atoms with Crippen molar-refractivity contribution in [1.29, 1.82) is 0 Å². The Kier molecular flexibility index (Phi) is 6.96. The quantitative estimate of drug-likeness (QED) is 0.748. The Morgan fingerprint density at radius 3 is 2.88 bits per heavy atom. The Labute approximate surface area is 148 Å². The van der Waals surface area contributed by atoms with Crippen LogP contribution in [0.2, 0.25) is 0 Å². The highest BCUT2D eigenvalue weighted by molar-refractivity contribution is 7.13. The van der Waals surface area contributed by atoms with Gasteiger partial charge in [-0.1, -0.05) is 24.3 Å². The van der Waals surface area contributed by atoms with Gasteiger partial charge in [0.05, 0.1) is 0 Å². The van der Waals surface area contributed by atoms with Crippen molar-refractivity contribution in [3.63, 3.8) is 0 Å². The molecule has 7 nitrogen and oxygen atoms in total. The van der Waals surface area contributed by atoms with Crippen molar-refractivity contribution in [3.8, 4) is 0 Å². The minimum Gasteiger partial charge on any atom is -0.364 e. The van der Waals surface area contributed by atoms with Crippen LogP contribution >= 0.6 is 11.3 Å². The van der Waals surface area contributed by atoms with Gasteiger partial charge in [-0.3, -0.25) is 9.59 Å². The molecule has 0 aliphatic heterocycles. The first-order valence-electron chi connectivity index (χ1n) is 7.74. The molecule has 2 amide bonds. The van der Waals surface area contributed by atoms with E-state index in [0.29, 0.717) is 10.7 Å². The molecule has 1 aromatic carbocycles. The molecule has 0 aliphatic carbocycles. The number of nitrogens with zero attached hydrogens (tertiary/aromatic N) is 2. The van der Waals surface area contributed by atoms with Crippen LogP contribution in [0.4, 0.5) is 10.1 Å². The number of hydrogen-bond donors (Lipinski definition) is 2. The summed E-state index contributed by atoms with van der Waals surface area (Å²) in [4.78, 5) is 23.6. The first-order chi connectivity index (χ1) is 12.0. The van der Waals surface area contributed by atoms with Gasteiger partial charge in [-0.15, -0.1) is 10.2 Å². The molecule has 9 heteroatoms. The summed E-state index contributed by atoms with van der Waals surface area (Å²) in [6.07, 6.45) is 0.839. The fourth-order valence-corrected chi connectivity index (χ4v) is 2.48. The molecule has 134 valence electrons. The second kappa shape index (κ2) is 9.19. The van der Waals surface area contributed by atoms with Gasteiger partial charge < -0.3 is 15.4 Å². The molecule has 0 radical (unpaired) electrons. The summed E-state index contributed by atoms with van der Waals surface area (Å²) in [6, 6.07) is 5.65. The van der Waals surface area contributed by atoms with E-state index in [-0.39, 0.29) is 30.2 Å². The molecule has 25 heavy (non-hydrogen) atoms. The Morgan fingerprint density at radius 1 is 1.36 bits per heavy atom. The summed E-state index contributed by atoms with van der Waals surface area (Å²) >= 11 is 1.05. The maximum Gasteiger partial charge on any atom is 0.286 e. The number of nitrogens with one attached hydrogen (secondary N) is 2. The van der Waals surface area contributed by atoms with Crippen LogP contribution in [0.3, 0.4) is 0 Å². The Morgan fingerprint density at radius 2 is 2.16 bits per heavy atom. The predicted octanol–water partition coefficient (Wildman–Crippen LogP) is 2.36. The van der Waals surface area contributed by atoms with E-state index in [2.05, 4.69) is 20.8 Å². The maximum atomic E-state index is 13.1. The van der Waals surface area contributed by atoms with Crippen molar-refractivity contribution in [2.45, 2.75) is 32.9 Å². The number of carbonyl (C=O) groups excluding carboxylic acids is 2. The van der Waals surface area contributed by atoms with E-state index in [4.69, 9.17) is 4.74 Å². The summed E-state index contributed by atoms with van der Waals surface area (Å²) in [5, 5.41) is 13.5. The van der Waals surface area contributed by atoms with E-state index >= 15 is 0 Å². The summed E-state index contributed by atoms with van der Waals surface area (Å²) in [6.45, 7) is 3.88. The standard InChI is InChI=1S/C16H19FN4O3S/c1-3-10(2)18-13(22)8-24-9-14-20-21-16(25-14)15(23)19-12-6-4-5-11(17)7-12/h4-7,10H,3,8-9H2,1-2H3,(H,18,22)(H,19,23)/t10-/m1/s1. The highest BCUT2D eigenvalue weighted by Crippen LogP contribution is 2.14. The van der Waals surface area contributed by atoms with Crippen LogP contribution in [0, 0.1) is 5.82 Å². The first kappa shape index (κ1) is 18.9. The molecule has 0 saturated heterocycles. The normalized spacial score (nSPS) is 11.8. The fourth-order valence-electron chi connectivity index (χ4n) is 1.80. The lowest BCUT2D eigenvalue weighted by Gasteiger charge is -2.10. The van der Waals surface area contributed by atoms with Crippen LogP contribution in [0.5, 0.6) is 0 Å². The van der Waals surface area contributed by atoms with Gasteiger partial charge in [-0.25, -0.2) is 4.39 Å². The molecule has 0 fully saturated rings. The van der Waals surface area contributed by atoms with Crippen molar-refractivity contribution in [1.82, 2.24) is 15.5 Å².